The predicted molar refractivity (Wildman–Crippen MR) is 93.9 cm³/mol. The number of anilines is 1. The molecule has 1 unspecified atom stereocenters. The Morgan fingerprint density at radius 1 is 1.14 bits per heavy atom. The molecule has 28 heavy (non-hydrogen) atoms. The van der Waals surface area contributed by atoms with Gasteiger partial charge in [-0.05, 0) is 0 Å². The van der Waals surface area contributed by atoms with Crippen molar-refractivity contribution >= 4 is 11.6 Å². The van der Waals surface area contributed by atoms with Gasteiger partial charge in [-0.25, -0.2) is 15.0 Å². The summed E-state index contributed by atoms with van der Waals surface area (Å²) in [6.45, 7) is 0. The van der Waals surface area contributed by atoms with Crippen molar-refractivity contribution in [1.29, 1.82) is 0 Å². The fraction of sp³-hybridized carbons (Fsp3) is 0.222. The largest absolute Gasteiger partial charge is 0.425 e. The van der Waals surface area contributed by atoms with Crippen molar-refractivity contribution in [3.8, 4) is 11.4 Å². The van der Waals surface area contributed by atoms with Crippen molar-refractivity contribution in [1.82, 2.24) is 19.5 Å². The normalized spacial score (nSPS) is 13.8. The summed E-state index contributed by atoms with van der Waals surface area (Å²) in [4.78, 5) is 23.9. The minimum atomic E-state index is -5.10. The molecule has 0 aliphatic rings. The molecule has 1 amide bonds. The average Bonchev–Trinajstić information content (AvgIpc) is 3.08. The third-order valence-corrected chi connectivity index (χ3v) is 4.04. The second kappa shape index (κ2) is 7.39. The van der Waals surface area contributed by atoms with Gasteiger partial charge in [0.2, 0.25) is 11.5 Å². The lowest BCUT2D eigenvalue weighted by Crippen LogP contribution is -2.46. The molecule has 1 aromatic carbocycles. The zero-order valence-electron chi connectivity index (χ0n) is 14.7. The Morgan fingerprint density at radius 3 is 2.32 bits per heavy atom. The number of nitrogens with zero attached hydrogens (tertiary/aromatic N) is 4. The van der Waals surface area contributed by atoms with Gasteiger partial charge in [0.25, 0.3) is 0 Å². The van der Waals surface area contributed by atoms with Crippen molar-refractivity contribution in [3.05, 3.63) is 60.9 Å². The topological polar surface area (TPSA) is 92.9 Å². The summed E-state index contributed by atoms with van der Waals surface area (Å²) in [5.74, 6) is -1.33. The molecule has 0 aliphatic carbocycles. The zero-order valence-corrected chi connectivity index (χ0v) is 14.7. The maximum atomic E-state index is 13.5. The van der Waals surface area contributed by atoms with Crippen LogP contribution in [-0.4, -0.2) is 36.7 Å². The molecular weight excluding hydrogens is 375 g/mol. The van der Waals surface area contributed by atoms with Crippen LogP contribution in [0.25, 0.3) is 11.4 Å². The smallest absolute Gasteiger partial charge is 0.374 e. The minimum absolute atomic E-state index is 0.106. The summed E-state index contributed by atoms with van der Waals surface area (Å²) in [7, 11) is 1.30. The number of carbonyl (C=O) groups is 1. The van der Waals surface area contributed by atoms with Gasteiger partial charge in [0.05, 0.1) is 24.5 Å². The van der Waals surface area contributed by atoms with Gasteiger partial charge in [0.1, 0.15) is 0 Å². The van der Waals surface area contributed by atoms with Crippen LogP contribution in [0.3, 0.4) is 0 Å². The van der Waals surface area contributed by atoms with Crippen LogP contribution >= 0.6 is 0 Å². The molecule has 0 radical (unpaired) electrons. The number of halogens is 3. The van der Waals surface area contributed by atoms with Gasteiger partial charge in [-0.3, -0.25) is 4.79 Å². The van der Waals surface area contributed by atoms with Crippen LogP contribution in [0.2, 0.25) is 0 Å². The van der Waals surface area contributed by atoms with E-state index in [2.05, 4.69) is 20.3 Å². The van der Waals surface area contributed by atoms with Gasteiger partial charge >= 0.3 is 6.18 Å². The zero-order chi connectivity index (χ0) is 20.4. The van der Waals surface area contributed by atoms with Gasteiger partial charge in [-0.2, -0.15) is 13.2 Å². The molecule has 0 fully saturated rings. The van der Waals surface area contributed by atoms with E-state index in [1.165, 1.54) is 25.6 Å². The second-order valence-electron chi connectivity index (χ2n) is 6.11. The number of amides is 1. The number of alkyl halides is 3. The lowest BCUT2D eigenvalue weighted by molar-refractivity contribution is -0.270. The van der Waals surface area contributed by atoms with Gasteiger partial charge in [0, 0.05) is 25.0 Å². The Bertz CT molecular complexity index is 957. The molecule has 2 N–H and O–H groups in total. The number of imidazole rings is 1. The highest BCUT2D eigenvalue weighted by Crippen LogP contribution is 2.40. The Balaban J connectivity index is 1.76. The van der Waals surface area contributed by atoms with Gasteiger partial charge < -0.3 is 15.0 Å². The van der Waals surface area contributed by atoms with Crippen molar-refractivity contribution in [2.24, 2.45) is 7.05 Å². The van der Waals surface area contributed by atoms with Crippen LogP contribution in [0.15, 0.2) is 55.1 Å². The molecule has 0 saturated carbocycles. The lowest BCUT2D eigenvalue weighted by atomic mass is 9.97. The van der Waals surface area contributed by atoms with E-state index >= 15 is 0 Å². The third kappa shape index (κ3) is 3.86. The molecule has 2 aromatic heterocycles. The van der Waals surface area contributed by atoms with E-state index in [1.807, 2.05) is 18.2 Å². The Morgan fingerprint density at radius 2 is 1.79 bits per heavy atom. The SMILES string of the molecule is Cn1ccnc1C(O)(CC(=O)Nc1cnc(-c2ccccc2)nc1)C(F)(F)F. The monoisotopic (exact) mass is 391 g/mol. The summed E-state index contributed by atoms with van der Waals surface area (Å²) in [6, 6.07) is 9.04. The highest BCUT2D eigenvalue weighted by Gasteiger charge is 2.58. The van der Waals surface area contributed by atoms with E-state index in [4.69, 9.17) is 0 Å². The Hall–Kier alpha value is -3.27. The van der Waals surface area contributed by atoms with Crippen molar-refractivity contribution in [3.63, 3.8) is 0 Å². The van der Waals surface area contributed by atoms with Crippen LogP contribution in [0.4, 0.5) is 18.9 Å². The Kier molecular flexibility index (Phi) is 5.14. The maximum absolute atomic E-state index is 13.5. The van der Waals surface area contributed by atoms with Crippen molar-refractivity contribution in [2.75, 3.05) is 5.32 Å². The molecule has 3 aromatic rings. The first-order valence-corrected chi connectivity index (χ1v) is 8.15. The molecule has 0 bridgehead atoms. The molecule has 2 heterocycles. The summed E-state index contributed by atoms with van der Waals surface area (Å²) < 4.78 is 41.5. The summed E-state index contributed by atoms with van der Waals surface area (Å²) >= 11 is 0. The lowest BCUT2D eigenvalue weighted by Gasteiger charge is -2.29. The molecule has 7 nitrogen and oxygen atoms in total. The summed E-state index contributed by atoms with van der Waals surface area (Å²) in [6.07, 6.45) is -1.44. The van der Waals surface area contributed by atoms with E-state index in [9.17, 15) is 23.1 Å². The first-order chi connectivity index (χ1) is 13.2. The predicted octanol–water partition coefficient (Wildman–Crippen LogP) is 2.66. The quantitative estimate of drug-likeness (QED) is 0.698. The molecule has 1 atom stereocenters. The number of benzene rings is 1. The molecule has 0 aliphatic heterocycles. The fourth-order valence-corrected chi connectivity index (χ4v) is 2.64. The van der Waals surface area contributed by atoms with Crippen LogP contribution in [0, 0.1) is 0 Å². The molecular formula is C18H16F3N5O2. The number of nitrogens with one attached hydrogen (secondary N) is 1. The number of carbonyl (C=O) groups excluding carboxylic acids is 1. The second-order valence-corrected chi connectivity index (χ2v) is 6.11. The summed E-state index contributed by atoms with van der Waals surface area (Å²) in [5.41, 5.74) is -2.57. The van der Waals surface area contributed by atoms with Crippen molar-refractivity contribution < 1.29 is 23.1 Å². The van der Waals surface area contributed by atoms with Crippen LogP contribution < -0.4 is 5.32 Å². The van der Waals surface area contributed by atoms with E-state index in [-0.39, 0.29) is 5.69 Å². The third-order valence-electron chi connectivity index (χ3n) is 4.04. The van der Waals surface area contributed by atoms with E-state index in [1.54, 1.807) is 12.1 Å². The number of aryl methyl sites for hydroxylation is 1. The number of aliphatic hydroxyl groups is 1. The molecule has 0 spiro atoms. The molecule has 146 valence electrons. The molecule has 10 heteroatoms. The molecule has 0 saturated heterocycles. The van der Waals surface area contributed by atoms with E-state index in [0.29, 0.717) is 5.82 Å². The molecule has 3 rings (SSSR count). The first kappa shape index (κ1) is 19.5. The maximum Gasteiger partial charge on any atom is 0.425 e. The van der Waals surface area contributed by atoms with Gasteiger partial charge in [-0.15, -0.1) is 0 Å². The average molecular weight is 391 g/mol. The minimum Gasteiger partial charge on any atom is -0.374 e. The Labute approximate surface area is 157 Å². The highest BCUT2D eigenvalue weighted by molar-refractivity contribution is 5.91. The van der Waals surface area contributed by atoms with Gasteiger partial charge in [-0.1, -0.05) is 30.3 Å². The highest BCUT2D eigenvalue weighted by atomic mass is 19.4. The van der Waals surface area contributed by atoms with Crippen LogP contribution in [0.1, 0.15) is 12.2 Å². The van der Waals surface area contributed by atoms with E-state index in [0.717, 1.165) is 16.3 Å². The van der Waals surface area contributed by atoms with Crippen LogP contribution in [0.5, 0.6) is 0 Å². The number of aromatic nitrogens is 4. The van der Waals surface area contributed by atoms with E-state index < -0.39 is 29.9 Å². The van der Waals surface area contributed by atoms with Gasteiger partial charge in [0.15, 0.2) is 11.6 Å². The number of hydrogen-bond donors (Lipinski definition) is 2. The fourth-order valence-electron chi connectivity index (χ4n) is 2.64. The van der Waals surface area contributed by atoms with Crippen LogP contribution in [-0.2, 0) is 17.4 Å². The van der Waals surface area contributed by atoms with Crippen molar-refractivity contribution in [2.45, 2.75) is 18.2 Å². The number of hydrogen-bond acceptors (Lipinski definition) is 5. The standard InChI is InChI=1S/C18H16F3N5O2/c1-26-8-7-22-16(26)17(28,18(19,20)21)9-14(27)25-13-10-23-15(24-11-13)12-5-3-2-4-6-12/h2-8,10-11,28H,9H2,1H3,(H,25,27). The number of rotatable bonds is 5. The summed E-state index contributed by atoms with van der Waals surface area (Å²) in [5, 5.41) is 12.5. The first-order valence-electron chi connectivity index (χ1n) is 8.15.